The summed E-state index contributed by atoms with van der Waals surface area (Å²) in [5.74, 6) is 0. The molecule has 0 N–H and O–H groups in total. The maximum absolute atomic E-state index is 10.7. The van der Waals surface area contributed by atoms with Crippen LogP contribution in [0.2, 0.25) is 0 Å². The van der Waals surface area contributed by atoms with E-state index in [1.807, 2.05) is 0 Å². The summed E-state index contributed by atoms with van der Waals surface area (Å²) in [5.41, 5.74) is 0. The van der Waals surface area contributed by atoms with Crippen LogP contribution < -0.4 is 4.17 Å². The van der Waals surface area contributed by atoms with Crippen LogP contribution in [0.25, 0.3) is 0 Å². The Morgan fingerprint density at radius 3 is 0.246 bits per heavy atom. The van der Waals surface area contributed by atoms with Gasteiger partial charge in [-0.2, -0.15) is 4.17 Å². The fourth-order valence-electron chi connectivity index (χ4n) is 19.1. The Kier molecular flexibility index (Phi) is 95.8. The Bertz CT molecular complexity index is 1680. The molecule has 0 saturated carbocycles. The molecule has 0 fully saturated rings. The predicted molar refractivity (Wildman–Crippen MR) is 536 cm³/mol. The van der Waals surface area contributed by atoms with Crippen molar-refractivity contribution in [2.45, 2.75) is 658 Å². The predicted octanol–water partition coefficient (Wildman–Crippen LogP) is 45.4. The summed E-state index contributed by atoms with van der Waals surface area (Å²) < 4.78 is 66.4. The first-order valence-corrected chi connectivity index (χ1v) is 62.2. The van der Waals surface area contributed by atoms with Crippen molar-refractivity contribution in [1.82, 2.24) is 4.17 Å². The molecule has 716 valence electrons. The van der Waals surface area contributed by atoms with E-state index in [0.29, 0.717) is 0 Å². The molecule has 0 aromatic heterocycles. The molecule has 0 aliphatic carbocycles. The molecule has 0 aliphatic rings. The summed E-state index contributed by atoms with van der Waals surface area (Å²) in [5, 5.41) is 0. The van der Waals surface area contributed by atoms with Crippen LogP contribution in [-0.2, 0) is 0 Å². The van der Waals surface area contributed by atoms with Crippen LogP contribution in [0.3, 0.4) is 0 Å². The van der Waals surface area contributed by atoms with Crippen LogP contribution in [0.5, 0.6) is 0 Å². The Morgan fingerprint density at radius 1 is 0.119 bits per heavy atom. The number of nitrogens with zero attached hydrogens (tertiary/aromatic N) is 1. The summed E-state index contributed by atoms with van der Waals surface area (Å²) in [4.78, 5) is 0. The molecule has 0 bridgehead atoms. The molecule has 1 nitrogen and oxygen atoms in total. The fourth-order valence-corrected chi connectivity index (χ4v) is 30.6. The van der Waals surface area contributed by atoms with E-state index >= 15 is 0 Å². The average molecular weight is 1740 g/mol. The Hall–Kier alpha value is 0.580. The SMILES string of the molecule is CCCCCCCCCCCCCCCCCCP(CCCCCCCCCCCCCCCCCC)(CCCCCCCCCCCCCCCCCC)=[N+]=P(CCCCCCCCCCCCCCCCCC)(CCCCCCCCCCCCCCCCCC)CCCCCCCCCCCCCCCCCC.F[P-](F)(F)(F)(F)F. The molecular formula is C108H222F6NP3. The zero-order chi connectivity index (χ0) is 86.2. The van der Waals surface area contributed by atoms with Gasteiger partial charge in [-0.1, -0.05) is 619 Å². The topological polar surface area (TPSA) is 14.1 Å². The third-order valence-corrected chi connectivity index (χ3v) is 36.9. The van der Waals surface area contributed by atoms with E-state index in [2.05, 4.69) is 41.5 Å². The summed E-state index contributed by atoms with van der Waals surface area (Å²) in [6.45, 7) is 14.1. The number of unbranched alkanes of at least 4 members (excludes halogenated alkanes) is 90. The second kappa shape index (κ2) is 93.7. The van der Waals surface area contributed by atoms with Crippen LogP contribution in [-0.4, -0.2) is 37.0 Å². The van der Waals surface area contributed by atoms with E-state index in [0.717, 1.165) is 0 Å². The van der Waals surface area contributed by atoms with Crippen molar-refractivity contribution >= 4 is 21.9 Å². The zero-order valence-corrected chi connectivity index (χ0v) is 84.9. The fraction of sp³-hybridized carbons (Fsp3) is 1.00. The van der Waals surface area contributed by atoms with Gasteiger partial charge in [-0.25, -0.2) is 0 Å². The van der Waals surface area contributed by atoms with Gasteiger partial charge in [0.05, 0.1) is 0 Å². The van der Waals surface area contributed by atoms with E-state index in [1.165, 1.54) is 616 Å². The van der Waals surface area contributed by atoms with Crippen molar-refractivity contribution in [3.63, 3.8) is 0 Å². The first kappa shape index (κ1) is 121. The van der Waals surface area contributed by atoms with Gasteiger partial charge in [0.1, 0.15) is 0 Å². The molecule has 0 amide bonds. The molecule has 0 aromatic rings. The van der Waals surface area contributed by atoms with Gasteiger partial charge in [-0.15, -0.1) is 0 Å². The second-order valence-electron chi connectivity index (χ2n) is 39.4. The molecular weight excluding hydrogens is 1520 g/mol. The van der Waals surface area contributed by atoms with E-state index in [9.17, 15) is 25.2 Å². The third kappa shape index (κ3) is 107. The maximum atomic E-state index is 9.87. The van der Waals surface area contributed by atoms with Gasteiger partial charge >= 0.3 is 33.0 Å². The van der Waals surface area contributed by atoms with Crippen LogP contribution in [0.1, 0.15) is 658 Å². The normalized spacial score (nSPS) is 12.7. The quantitative estimate of drug-likeness (QED) is 0.0249. The Morgan fingerprint density at radius 2 is 0.178 bits per heavy atom. The van der Waals surface area contributed by atoms with E-state index in [-0.39, 0.29) is 0 Å². The molecule has 0 spiro atoms. The van der Waals surface area contributed by atoms with Gasteiger partial charge in [-0.3, -0.25) is 0 Å². The van der Waals surface area contributed by atoms with E-state index in [1.54, 1.807) is 37.0 Å². The van der Waals surface area contributed by atoms with E-state index < -0.39 is 21.9 Å². The standard InChI is InChI=1S/C108H222NP2.F6P/c1-7-13-19-25-31-37-43-49-55-61-67-73-79-85-91-97-103-110(104-98-92-86-80-74-68-62-56-50-44-38-32-26-20-14-8-2,105-99-93-87-81-75-69-63-57-51-45-39-33-27-21-15-9-3)109-111(106-100-94-88-82-76-70-64-58-52-46-40-34-28-22-16-10-4,107-101-95-89-83-77-71-65-59-53-47-41-35-29-23-17-11-5)108-102-96-90-84-78-72-66-60-54-48-42-36-30-24-18-12-6;1-7(2,3,4,5)6/h7-108H2,1-6H3;/q+1;-1. The molecule has 0 aliphatic heterocycles. The number of hydrogen-bond donors (Lipinski definition) is 0. The Labute approximate surface area is 741 Å². The van der Waals surface area contributed by atoms with Crippen molar-refractivity contribution in [3.8, 4) is 0 Å². The van der Waals surface area contributed by atoms with Crippen LogP contribution in [0.4, 0.5) is 25.2 Å². The molecule has 0 saturated heterocycles. The average Bonchev–Trinajstić information content (AvgIpc) is 0.803. The minimum atomic E-state index is -10.7. The van der Waals surface area contributed by atoms with Gasteiger partial charge in [0.15, 0.2) is 0 Å². The van der Waals surface area contributed by atoms with Gasteiger partial charge in [0, 0.05) is 37.0 Å². The number of hydrogen-bond acceptors (Lipinski definition) is 0. The first-order chi connectivity index (χ1) is 57.5. The summed E-state index contributed by atoms with van der Waals surface area (Å²) in [7, 11) is -13.6. The molecule has 0 unspecified atom stereocenters. The summed E-state index contributed by atoms with van der Waals surface area (Å²) in [6.07, 6.45) is 151. The van der Waals surface area contributed by atoms with Crippen molar-refractivity contribution < 1.29 is 25.2 Å². The van der Waals surface area contributed by atoms with Crippen molar-refractivity contribution in [2.75, 3.05) is 37.0 Å². The molecule has 0 aromatic carbocycles. The van der Waals surface area contributed by atoms with Gasteiger partial charge in [-0.05, 0) is 38.5 Å². The first-order valence-electron chi connectivity index (χ1n) is 55.6. The molecule has 0 rings (SSSR count). The third-order valence-electron chi connectivity index (χ3n) is 26.9. The van der Waals surface area contributed by atoms with Crippen molar-refractivity contribution in [3.05, 3.63) is 0 Å². The van der Waals surface area contributed by atoms with Crippen LogP contribution in [0.15, 0.2) is 0 Å². The van der Waals surface area contributed by atoms with Gasteiger partial charge in [0.25, 0.3) is 0 Å². The summed E-state index contributed by atoms with van der Waals surface area (Å²) >= 11 is 0. The number of halogens is 6. The van der Waals surface area contributed by atoms with Crippen LogP contribution >= 0.6 is 21.9 Å². The minimum absolute atomic E-state index is 1.37. The zero-order valence-electron chi connectivity index (χ0n) is 82.2. The molecule has 10 heteroatoms. The van der Waals surface area contributed by atoms with Gasteiger partial charge < -0.3 is 0 Å². The second-order valence-corrected chi connectivity index (χ2v) is 49.1. The van der Waals surface area contributed by atoms with Crippen LogP contribution in [0, 0.1) is 0 Å². The Balaban J connectivity index is 0. The van der Waals surface area contributed by atoms with Crippen molar-refractivity contribution in [2.24, 2.45) is 0 Å². The molecule has 0 atom stereocenters. The van der Waals surface area contributed by atoms with Crippen molar-refractivity contribution in [1.29, 1.82) is 0 Å². The van der Waals surface area contributed by atoms with Gasteiger partial charge in [0.2, 0.25) is 14.1 Å². The van der Waals surface area contributed by atoms with E-state index in [4.69, 9.17) is 4.17 Å². The molecule has 118 heavy (non-hydrogen) atoms. The molecule has 0 radical (unpaired) electrons. The molecule has 0 heterocycles. The monoisotopic (exact) mass is 1740 g/mol. The summed E-state index contributed by atoms with van der Waals surface area (Å²) in [6, 6.07) is 0. The number of rotatable bonds is 102.